The Labute approximate surface area is 178 Å². The second-order valence-electron chi connectivity index (χ2n) is 8.83. The van der Waals surface area contributed by atoms with Crippen LogP contribution in [0.2, 0.25) is 0 Å². The summed E-state index contributed by atoms with van der Waals surface area (Å²) in [6.07, 6.45) is 6.42. The molecule has 0 bridgehead atoms. The van der Waals surface area contributed by atoms with Crippen molar-refractivity contribution in [2.75, 3.05) is 13.1 Å². The summed E-state index contributed by atoms with van der Waals surface area (Å²) < 4.78 is 2.30. The molecule has 0 saturated carbocycles. The quantitative estimate of drug-likeness (QED) is 0.415. The Morgan fingerprint density at radius 3 is 1.79 bits per heavy atom. The predicted molar refractivity (Wildman–Crippen MR) is 129 cm³/mol. The first-order chi connectivity index (χ1) is 13.8. The van der Waals surface area contributed by atoms with Crippen molar-refractivity contribution < 1.29 is 0 Å². The number of rotatable bonds is 9. The maximum Gasteiger partial charge on any atom is 0.0673 e. The van der Waals surface area contributed by atoms with Gasteiger partial charge in [0.05, 0.1) is 11.4 Å². The van der Waals surface area contributed by atoms with Gasteiger partial charge in [0.15, 0.2) is 0 Å². The molecular formula is C26H39N3. The van der Waals surface area contributed by atoms with E-state index in [4.69, 9.17) is 0 Å². The topological polar surface area (TPSA) is 29.6 Å². The lowest BCUT2D eigenvalue weighted by molar-refractivity contribution is 0.299. The van der Waals surface area contributed by atoms with Crippen molar-refractivity contribution in [2.45, 2.75) is 74.1 Å². The molecule has 158 valence electrons. The van der Waals surface area contributed by atoms with E-state index in [1.807, 2.05) is 12.4 Å². The summed E-state index contributed by atoms with van der Waals surface area (Å²) in [6.45, 7) is 19.4. The van der Waals surface area contributed by atoms with Gasteiger partial charge in [-0.3, -0.25) is 9.98 Å². The molecule has 1 heterocycles. The molecule has 29 heavy (non-hydrogen) atoms. The first-order valence-corrected chi connectivity index (χ1v) is 11.1. The van der Waals surface area contributed by atoms with Gasteiger partial charge < -0.3 is 4.57 Å². The molecule has 1 unspecified atom stereocenters. The van der Waals surface area contributed by atoms with Gasteiger partial charge in [0, 0.05) is 31.2 Å². The van der Waals surface area contributed by atoms with Crippen LogP contribution < -0.4 is 0 Å². The molecule has 3 heteroatoms. The SMILES string of the molecule is CCN=Cc1c(C)c(C)c(C=NCC)n1-c1ccc(C(C)CC(C)(C)CC)cc1. The van der Waals surface area contributed by atoms with Crippen LogP contribution >= 0.6 is 0 Å². The van der Waals surface area contributed by atoms with Gasteiger partial charge in [0.1, 0.15) is 0 Å². The Hall–Kier alpha value is -2.16. The van der Waals surface area contributed by atoms with Crippen molar-refractivity contribution >= 4 is 12.4 Å². The Kier molecular flexibility index (Phi) is 8.01. The first kappa shape index (κ1) is 23.1. The zero-order valence-electron chi connectivity index (χ0n) is 19.7. The van der Waals surface area contributed by atoms with Crippen molar-refractivity contribution in [1.82, 2.24) is 4.57 Å². The second-order valence-corrected chi connectivity index (χ2v) is 8.83. The molecule has 1 atom stereocenters. The van der Waals surface area contributed by atoms with Gasteiger partial charge in [-0.05, 0) is 74.3 Å². The Balaban J connectivity index is 2.49. The van der Waals surface area contributed by atoms with Gasteiger partial charge in [0.25, 0.3) is 0 Å². The minimum atomic E-state index is 0.375. The smallest absolute Gasteiger partial charge is 0.0673 e. The molecule has 0 N–H and O–H groups in total. The molecule has 0 spiro atoms. The zero-order chi connectivity index (χ0) is 21.6. The molecule has 1 aromatic heterocycles. The normalized spacial score (nSPS) is 13.7. The number of nitrogens with zero attached hydrogens (tertiary/aromatic N) is 3. The van der Waals surface area contributed by atoms with Gasteiger partial charge in [-0.1, -0.05) is 46.2 Å². The van der Waals surface area contributed by atoms with Gasteiger partial charge >= 0.3 is 0 Å². The fraction of sp³-hybridized carbons (Fsp3) is 0.538. The molecule has 2 aromatic rings. The van der Waals surface area contributed by atoms with Crippen LogP contribution in [0.25, 0.3) is 5.69 Å². The molecule has 0 amide bonds. The summed E-state index contributed by atoms with van der Waals surface area (Å²) in [7, 11) is 0. The molecule has 3 nitrogen and oxygen atoms in total. The van der Waals surface area contributed by atoms with Crippen molar-refractivity contribution in [3.8, 4) is 5.69 Å². The summed E-state index contributed by atoms with van der Waals surface area (Å²) in [6, 6.07) is 9.07. The average molecular weight is 394 g/mol. The van der Waals surface area contributed by atoms with Crippen LogP contribution in [-0.4, -0.2) is 30.1 Å². The van der Waals surface area contributed by atoms with E-state index in [-0.39, 0.29) is 0 Å². The maximum atomic E-state index is 4.53. The van der Waals surface area contributed by atoms with E-state index < -0.39 is 0 Å². The molecule has 0 aliphatic rings. The van der Waals surface area contributed by atoms with Crippen molar-refractivity contribution in [3.05, 3.63) is 52.3 Å². The highest BCUT2D eigenvalue weighted by Crippen LogP contribution is 2.34. The lowest BCUT2D eigenvalue weighted by atomic mass is 9.79. The number of aliphatic imine (C=N–C) groups is 2. The summed E-state index contributed by atoms with van der Waals surface area (Å²) in [5, 5.41) is 0. The van der Waals surface area contributed by atoms with E-state index in [1.165, 1.54) is 35.2 Å². The zero-order valence-corrected chi connectivity index (χ0v) is 19.7. The van der Waals surface area contributed by atoms with Gasteiger partial charge in [-0.25, -0.2) is 0 Å². The molecule has 0 aliphatic heterocycles. The predicted octanol–water partition coefficient (Wildman–Crippen LogP) is 6.90. The fourth-order valence-corrected chi connectivity index (χ4v) is 3.84. The van der Waals surface area contributed by atoms with Gasteiger partial charge in [0.2, 0.25) is 0 Å². The fourth-order valence-electron chi connectivity index (χ4n) is 3.84. The Bertz CT molecular complexity index is 814. The van der Waals surface area contributed by atoms with E-state index >= 15 is 0 Å². The van der Waals surface area contributed by atoms with Crippen LogP contribution in [0, 0.1) is 19.3 Å². The molecular weight excluding hydrogens is 354 g/mol. The van der Waals surface area contributed by atoms with Crippen LogP contribution in [0.1, 0.15) is 88.4 Å². The lowest BCUT2D eigenvalue weighted by Crippen LogP contribution is -2.13. The third-order valence-corrected chi connectivity index (χ3v) is 6.14. The van der Waals surface area contributed by atoms with Gasteiger partial charge in [-0.2, -0.15) is 0 Å². The summed E-state index contributed by atoms with van der Waals surface area (Å²) in [5.41, 5.74) is 7.78. The lowest BCUT2D eigenvalue weighted by Gasteiger charge is -2.27. The molecule has 0 fully saturated rings. The molecule has 0 saturated heterocycles. The van der Waals surface area contributed by atoms with E-state index in [1.54, 1.807) is 0 Å². The van der Waals surface area contributed by atoms with Crippen LogP contribution in [0.4, 0.5) is 0 Å². The maximum absolute atomic E-state index is 4.53. The largest absolute Gasteiger partial charge is 0.307 e. The van der Waals surface area contributed by atoms with Crippen LogP contribution in [0.15, 0.2) is 34.3 Å². The van der Waals surface area contributed by atoms with E-state index in [0.29, 0.717) is 11.3 Å². The van der Waals surface area contributed by atoms with Crippen molar-refractivity contribution in [3.63, 3.8) is 0 Å². The summed E-state index contributed by atoms with van der Waals surface area (Å²) in [4.78, 5) is 9.06. The van der Waals surface area contributed by atoms with Crippen LogP contribution in [-0.2, 0) is 0 Å². The van der Waals surface area contributed by atoms with E-state index in [0.717, 1.165) is 24.5 Å². The third-order valence-electron chi connectivity index (χ3n) is 6.14. The van der Waals surface area contributed by atoms with Crippen molar-refractivity contribution in [2.24, 2.45) is 15.4 Å². The molecule has 1 aromatic carbocycles. The number of hydrogen-bond donors (Lipinski definition) is 0. The van der Waals surface area contributed by atoms with Gasteiger partial charge in [-0.15, -0.1) is 0 Å². The molecule has 2 rings (SSSR count). The number of hydrogen-bond acceptors (Lipinski definition) is 2. The minimum Gasteiger partial charge on any atom is -0.307 e. The first-order valence-electron chi connectivity index (χ1n) is 11.1. The summed E-state index contributed by atoms with van der Waals surface area (Å²) >= 11 is 0. The highest BCUT2D eigenvalue weighted by Gasteiger charge is 2.21. The van der Waals surface area contributed by atoms with E-state index in [9.17, 15) is 0 Å². The summed E-state index contributed by atoms with van der Waals surface area (Å²) in [5.74, 6) is 0.550. The molecule has 0 radical (unpaired) electrons. The van der Waals surface area contributed by atoms with E-state index in [2.05, 4.69) is 94.2 Å². The Morgan fingerprint density at radius 2 is 1.38 bits per heavy atom. The van der Waals surface area contributed by atoms with Crippen LogP contribution in [0.3, 0.4) is 0 Å². The monoisotopic (exact) mass is 393 g/mol. The third kappa shape index (κ3) is 5.46. The van der Waals surface area contributed by atoms with Crippen molar-refractivity contribution in [1.29, 1.82) is 0 Å². The second kappa shape index (κ2) is 10.0. The highest BCUT2D eigenvalue weighted by atomic mass is 15.0. The minimum absolute atomic E-state index is 0.375. The number of benzene rings is 1. The molecule has 0 aliphatic carbocycles. The highest BCUT2D eigenvalue weighted by molar-refractivity contribution is 5.89. The Morgan fingerprint density at radius 1 is 0.897 bits per heavy atom. The van der Waals surface area contributed by atoms with Crippen LogP contribution in [0.5, 0.6) is 0 Å². The average Bonchev–Trinajstić information content (AvgIpc) is 2.94. The standard InChI is InChI=1S/C26H39N3/c1-9-26(7,8)16-19(4)22-12-14-23(15-13-22)29-24(17-27-10-2)20(5)21(6)25(29)18-28-11-3/h12-15,17-19H,9-11,16H2,1-8H3. The number of aromatic nitrogens is 1.